The van der Waals surface area contributed by atoms with Crippen molar-refractivity contribution in [2.24, 2.45) is 5.92 Å². The van der Waals surface area contributed by atoms with E-state index in [1.807, 2.05) is 99.6 Å². The van der Waals surface area contributed by atoms with Gasteiger partial charge in [0.25, 0.3) is 7.37 Å². The zero-order valence-corrected chi connectivity index (χ0v) is 23.0. The molecule has 7 nitrogen and oxygen atoms in total. The molecule has 0 unspecified atom stereocenters. The molecule has 2 atom stereocenters. The molecule has 8 heteroatoms. The van der Waals surface area contributed by atoms with Gasteiger partial charge in [-0.2, -0.15) is 0 Å². The fourth-order valence-corrected chi connectivity index (χ4v) is 6.37. The van der Waals surface area contributed by atoms with Crippen LogP contribution in [0, 0.1) is 5.92 Å². The average molecular weight is 513 g/mol. The summed E-state index contributed by atoms with van der Waals surface area (Å²) in [6.45, 7) is 4.42. The smallest absolute Gasteiger partial charge is 0.258 e. The first-order valence-electron chi connectivity index (χ1n) is 11.9. The molecule has 0 amide bonds. The molecule has 0 aliphatic rings. The van der Waals surface area contributed by atoms with Crippen LogP contribution in [-0.4, -0.2) is 42.0 Å². The van der Waals surface area contributed by atoms with Gasteiger partial charge in [-0.25, -0.2) is 0 Å². The number of hydrogen-bond acceptors (Lipinski definition) is 7. The van der Waals surface area contributed by atoms with E-state index in [0.717, 1.165) is 11.4 Å². The molecule has 1 N–H and O–H groups in total. The van der Waals surface area contributed by atoms with E-state index in [1.54, 1.807) is 21.3 Å². The lowest BCUT2D eigenvalue weighted by Gasteiger charge is -2.31. The van der Waals surface area contributed by atoms with Crippen LogP contribution in [-0.2, 0) is 9.09 Å². The van der Waals surface area contributed by atoms with Crippen LogP contribution in [0.25, 0.3) is 0 Å². The summed E-state index contributed by atoms with van der Waals surface area (Å²) < 4.78 is 38.1. The fraction of sp³-hybridized carbons (Fsp3) is 0.357. The summed E-state index contributed by atoms with van der Waals surface area (Å²) in [7, 11) is 5.09. The van der Waals surface area contributed by atoms with Gasteiger partial charge in [-0.15, -0.1) is 0 Å². The van der Waals surface area contributed by atoms with Gasteiger partial charge in [0.1, 0.15) is 5.78 Å². The zero-order chi connectivity index (χ0) is 26.3. The van der Waals surface area contributed by atoms with E-state index >= 15 is 4.57 Å². The lowest BCUT2D eigenvalue weighted by Crippen LogP contribution is -2.22. The highest BCUT2D eigenvalue weighted by molar-refractivity contribution is 7.67. The number of rotatable bonds is 12. The van der Waals surface area contributed by atoms with E-state index in [9.17, 15) is 0 Å². The maximum atomic E-state index is 15.0. The highest BCUT2D eigenvalue weighted by atomic mass is 31.2. The average Bonchev–Trinajstić information content (AvgIpc) is 2.90. The van der Waals surface area contributed by atoms with E-state index in [-0.39, 0.29) is 5.92 Å². The van der Waals surface area contributed by atoms with Crippen molar-refractivity contribution < 1.29 is 23.3 Å². The molecule has 0 bridgehead atoms. The van der Waals surface area contributed by atoms with Crippen molar-refractivity contribution in [1.82, 2.24) is 0 Å². The van der Waals surface area contributed by atoms with Gasteiger partial charge in [0.05, 0.1) is 27.9 Å². The molecule has 3 rings (SSSR count). The Morgan fingerprint density at radius 2 is 1.44 bits per heavy atom. The Kier molecular flexibility index (Phi) is 9.30. The van der Waals surface area contributed by atoms with Crippen LogP contribution in [0.5, 0.6) is 17.2 Å². The highest BCUT2D eigenvalue weighted by Gasteiger charge is 2.39. The van der Waals surface area contributed by atoms with E-state index < -0.39 is 13.2 Å². The molecule has 0 radical (unpaired) electrons. The van der Waals surface area contributed by atoms with Crippen LogP contribution < -0.4 is 29.7 Å². The summed E-state index contributed by atoms with van der Waals surface area (Å²) in [5.41, 5.74) is 2.51. The van der Waals surface area contributed by atoms with Crippen molar-refractivity contribution >= 4 is 24.0 Å². The second kappa shape index (κ2) is 12.2. The molecule has 0 aliphatic heterocycles. The van der Waals surface area contributed by atoms with E-state index in [0.29, 0.717) is 34.7 Å². The SMILES string of the molecule is COc1cc([C@@H](Nc2ccccc2)[P@@](=O)(OCC(C)C)c2ccc(N(C)C)cc2)cc(OC)c1OC. The number of nitrogens with zero attached hydrogens (tertiary/aromatic N) is 1. The molecule has 194 valence electrons. The van der Waals surface area contributed by atoms with E-state index in [2.05, 4.69) is 5.32 Å². The standard InChI is InChI=1S/C28H37N2O5P/c1-20(2)19-35-36(31,24-15-13-23(14-16-24)30(3)4)28(29-22-11-9-8-10-12-22)21-17-25(32-5)27(34-7)26(18-21)33-6/h8-18,20,28-29H,19H2,1-7H3/t28-,36-/m0/s1. The molecule has 3 aromatic rings. The second-order valence-corrected chi connectivity index (χ2v) is 11.6. The first kappa shape index (κ1) is 27.4. The van der Waals surface area contributed by atoms with Gasteiger partial charge in [0.15, 0.2) is 11.5 Å². The van der Waals surface area contributed by atoms with Gasteiger partial charge in [-0.1, -0.05) is 32.0 Å². The minimum atomic E-state index is -3.54. The third kappa shape index (κ3) is 6.15. The molecular formula is C28H37N2O5P. The van der Waals surface area contributed by atoms with Crippen molar-refractivity contribution in [3.05, 3.63) is 72.3 Å². The Hall–Kier alpha value is -3.15. The Balaban J connectivity index is 2.24. The molecule has 0 heterocycles. The largest absolute Gasteiger partial charge is 0.493 e. The number of benzene rings is 3. The quantitative estimate of drug-likeness (QED) is 0.291. The van der Waals surface area contributed by atoms with Crippen molar-refractivity contribution in [3.8, 4) is 17.2 Å². The maximum Gasteiger partial charge on any atom is 0.258 e. The van der Waals surface area contributed by atoms with Crippen LogP contribution in [0.2, 0.25) is 0 Å². The van der Waals surface area contributed by atoms with Gasteiger partial charge in [0.2, 0.25) is 5.75 Å². The minimum absolute atomic E-state index is 0.191. The predicted octanol–water partition coefficient (Wildman–Crippen LogP) is 6.17. The van der Waals surface area contributed by atoms with Crippen LogP contribution in [0.4, 0.5) is 11.4 Å². The molecule has 36 heavy (non-hydrogen) atoms. The first-order chi connectivity index (χ1) is 17.2. The van der Waals surface area contributed by atoms with Gasteiger partial charge < -0.3 is 29.0 Å². The summed E-state index contributed by atoms with van der Waals surface area (Å²) in [4.78, 5) is 2.00. The summed E-state index contributed by atoms with van der Waals surface area (Å²) in [6.07, 6.45) is 0. The summed E-state index contributed by atoms with van der Waals surface area (Å²) in [5, 5.41) is 4.11. The molecular weight excluding hydrogens is 475 g/mol. The Morgan fingerprint density at radius 3 is 1.92 bits per heavy atom. The normalized spacial score (nSPS) is 13.6. The van der Waals surface area contributed by atoms with Crippen LogP contribution >= 0.6 is 7.37 Å². The molecule has 0 spiro atoms. The molecule has 0 aliphatic carbocycles. The van der Waals surface area contributed by atoms with Crippen LogP contribution in [0.15, 0.2) is 66.7 Å². The number of hydrogen-bond donors (Lipinski definition) is 1. The predicted molar refractivity (Wildman–Crippen MR) is 148 cm³/mol. The van der Waals surface area contributed by atoms with E-state index in [1.165, 1.54) is 0 Å². The number of para-hydroxylation sites is 1. The highest BCUT2D eigenvalue weighted by Crippen LogP contribution is 2.60. The summed E-state index contributed by atoms with van der Waals surface area (Å²) in [6, 6.07) is 21.0. The van der Waals surface area contributed by atoms with Gasteiger partial charge in [0, 0.05) is 30.8 Å². The van der Waals surface area contributed by atoms with Crippen molar-refractivity contribution in [2.75, 3.05) is 52.2 Å². The number of methoxy groups -OCH3 is 3. The van der Waals surface area contributed by atoms with Crippen LogP contribution in [0.3, 0.4) is 0 Å². The molecule has 0 fully saturated rings. The number of nitrogens with one attached hydrogen (secondary N) is 1. The molecule has 3 aromatic carbocycles. The van der Waals surface area contributed by atoms with Crippen molar-refractivity contribution in [3.63, 3.8) is 0 Å². The molecule has 0 aromatic heterocycles. The Labute approximate surface area is 214 Å². The van der Waals surface area contributed by atoms with E-state index in [4.69, 9.17) is 18.7 Å². The maximum absolute atomic E-state index is 15.0. The van der Waals surface area contributed by atoms with Gasteiger partial charge in [-0.05, 0) is 60.0 Å². The van der Waals surface area contributed by atoms with Crippen molar-refractivity contribution in [1.29, 1.82) is 0 Å². The summed E-state index contributed by atoms with van der Waals surface area (Å²) in [5.74, 6) is 0.889. The molecule has 0 saturated heterocycles. The summed E-state index contributed by atoms with van der Waals surface area (Å²) >= 11 is 0. The number of anilines is 2. The lowest BCUT2D eigenvalue weighted by molar-refractivity contribution is 0.272. The third-order valence-electron chi connectivity index (χ3n) is 5.75. The van der Waals surface area contributed by atoms with Gasteiger partial charge in [-0.3, -0.25) is 4.57 Å². The number of ether oxygens (including phenoxy) is 3. The Bertz CT molecular complexity index is 1140. The minimum Gasteiger partial charge on any atom is -0.493 e. The topological polar surface area (TPSA) is 69.3 Å². The van der Waals surface area contributed by atoms with Gasteiger partial charge >= 0.3 is 0 Å². The molecule has 0 saturated carbocycles. The zero-order valence-electron chi connectivity index (χ0n) is 22.1. The van der Waals surface area contributed by atoms with Crippen LogP contribution in [0.1, 0.15) is 25.2 Å². The lowest BCUT2D eigenvalue weighted by atomic mass is 10.1. The third-order valence-corrected chi connectivity index (χ3v) is 8.40. The monoisotopic (exact) mass is 512 g/mol. The Morgan fingerprint density at radius 1 is 0.861 bits per heavy atom. The first-order valence-corrected chi connectivity index (χ1v) is 13.6. The van der Waals surface area contributed by atoms with Crippen molar-refractivity contribution in [2.45, 2.75) is 19.6 Å². The second-order valence-electron chi connectivity index (χ2n) is 9.07. The fourth-order valence-electron chi connectivity index (χ4n) is 3.83.